The summed E-state index contributed by atoms with van der Waals surface area (Å²) in [6.07, 6.45) is 2.42. The van der Waals surface area contributed by atoms with E-state index < -0.39 is 0 Å². The van der Waals surface area contributed by atoms with Crippen LogP contribution in [-0.2, 0) is 11.3 Å². The minimum absolute atomic E-state index is 0.122. The van der Waals surface area contributed by atoms with E-state index in [2.05, 4.69) is 34.6 Å². The molecule has 2 aliphatic rings. The van der Waals surface area contributed by atoms with Crippen LogP contribution in [0.3, 0.4) is 0 Å². The molecule has 0 radical (unpaired) electrons. The van der Waals surface area contributed by atoms with E-state index in [9.17, 15) is 0 Å². The molecule has 2 N–H and O–H groups in total. The Bertz CT molecular complexity index is 722. The van der Waals surface area contributed by atoms with Crippen LogP contribution < -0.4 is 9.80 Å². The van der Waals surface area contributed by atoms with Gasteiger partial charge in [0.05, 0.1) is 19.2 Å². The van der Waals surface area contributed by atoms with Gasteiger partial charge in [0.2, 0.25) is 5.82 Å². The Morgan fingerprint density at radius 1 is 1.22 bits per heavy atom. The van der Waals surface area contributed by atoms with Gasteiger partial charge in [0.1, 0.15) is 26.2 Å². The molecule has 2 fully saturated rings. The summed E-state index contributed by atoms with van der Waals surface area (Å²) in [4.78, 5) is 3.20. The summed E-state index contributed by atoms with van der Waals surface area (Å²) in [5.41, 5.74) is 1.22. The summed E-state index contributed by atoms with van der Waals surface area (Å²) >= 11 is 6.14. The first-order valence-electron chi connectivity index (χ1n) is 10.1. The molecule has 0 spiro atoms. The highest BCUT2D eigenvalue weighted by Gasteiger charge is 2.35. The molecule has 146 valence electrons. The van der Waals surface area contributed by atoms with Crippen molar-refractivity contribution in [1.82, 2.24) is 20.2 Å². The summed E-state index contributed by atoms with van der Waals surface area (Å²) in [6.45, 7) is 9.62. The molecule has 2 aromatic rings. The Morgan fingerprint density at radius 3 is 2.67 bits per heavy atom. The number of quaternary nitrogens is 2. The maximum atomic E-state index is 6.14. The third kappa shape index (κ3) is 4.32. The van der Waals surface area contributed by atoms with Gasteiger partial charge in [-0.05, 0) is 42.3 Å². The van der Waals surface area contributed by atoms with Crippen LogP contribution in [-0.4, -0.2) is 65.6 Å². The number of aromatic nitrogens is 4. The average molecular weight is 393 g/mol. The minimum Gasteiger partial charge on any atom is -0.376 e. The standard InChI is InChI=1S/C19H27ClN6O/c1-2-24-9-11-25(12-10-24)18(15-5-7-16(20)8-6-15)19-21-22-23-26(19)14-17-4-3-13-27-17/h5-8,17-18H,2-4,9-14H2,1H3/p+2/t17-,18-/m0/s1. The Morgan fingerprint density at radius 2 is 2.00 bits per heavy atom. The lowest BCUT2D eigenvalue weighted by atomic mass is 10.0. The summed E-state index contributed by atoms with van der Waals surface area (Å²) < 4.78 is 7.77. The van der Waals surface area contributed by atoms with Crippen molar-refractivity contribution in [3.8, 4) is 0 Å². The van der Waals surface area contributed by atoms with Gasteiger partial charge in [-0.25, -0.2) is 4.68 Å². The molecule has 2 atom stereocenters. The second-order valence-electron chi connectivity index (χ2n) is 7.60. The predicted molar refractivity (Wildman–Crippen MR) is 102 cm³/mol. The SMILES string of the molecule is CC[NH+]1CC[NH+]([C@@H](c2ccc(Cl)cc2)c2nnnn2C[C@@H]2CCCO2)CC1. The van der Waals surface area contributed by atoms with E-state index in [0.29, 0.717) is 0 Å². The quantitative estimate of drug-likeness (QED) is 0.689. The fourth-order valence-electron chi connectivity index (χ4n) is 4.32. The van der Waals surface area contributed by atoms with Gasteiger partial charge in [0.15, 0.2) is 6.04 Å². The van der Waals surface area contributed by atoms with E-state index in [4.69, 9.17) is 16.3 Å². The third-order valence-electron chi connectivity index (χ3n) is 5.93. The molecule has 4 rings (SSSR count). The first-order valence-corrected chi connectivity index (χ1v) is 10.4. The molecule has 2 saturated heterocycles. The molecule has 1 aromatic carbocycles. The van der Waals surface area contributed by atoms with Gasteiger partial charge in [-0.1, -0.05) is 23.7 Å². The molecular weight excluding hydrogens is 364 g/mol. The van der Waals surface area contributed by atoms with Gasteiger partial charge in [-0.2, -0.15) is 0 Å². The smallest absolute Gasteiger partial charge is 0.214 e. The molecule has 3 heterocycles. The number of nitrogens with one attached hydrogen (secondary N) is 2. The van der Waals surface area contributed by atoms with Gasteiger partial charge in [-0.3, -0.25) is 0 Å². The lowest BCUT2D eigenvalue weighted by Crippen LogP contribution is -3.28. The van der Waals surface area contributed by atoms with E-state index >= 15 is 0 Å². The van der Waals surface area contributed by atoms with Crippen molar-refractivity contribution in [3.05, 3.63) is 40.7 Å². The molecular formula is C19H29ClN6O+2. The Hall–Kier alpha value is -1.54. The number of piperazine rings is 1. The number of nitrogens with zero attached hydrogens (tertiary/aromatic N) is 4. The summed E-state index contributed by atoms with van der Waals surface area (Å²) in [6, 6.07) is 8.28. The van der Waals surface area contributed by atoms with Crippen molar-refractivity contribution < 1.29 is 14.5 Å². The zero-order chi connectivity index (χ0) is 18.6. The van der Waals surface area contributed by atoms with Crippen molar-refractivity contribution in [2.24, 2.45) is 0 Å². The normalized spacial score (nSPS) is 27.0. The number of hydrogen-bond acceptors (Lipinski definition) is 4. The van der Waals surface area contributed by atoms with Crippen LogP contribution in [0.5, 0.6) is 0 Å². The summed E-state index contributed by atoms with van der Waals surface area (Å²) in [5, 5.41) is 13.5. The van der Waals surface area contributed by atoms with Crippen molar-refractivity contribution in [2.75, 3.05) is 39.3 Å². The molecule has 0 amide bonds. The fraction of sp³-hybridized carbons (Fsp3) is 0.632. The van der Waals surface area contributed by atoms with Crippen LogP contribution in [0.1, 0.15) is 37.2 Å². The first kappa shape index (κ1) is 18.8. The van der Waals surface area contributed by atoms with Crippen LogP contribution in [0.25, 0.3) is 0 Å². The molecule has 0 unspecified atom stereocenters. The van der Waals surface area contributed by atoms with E-state index in [1.54, 1.807) is 4.90 Å². The molecule has 0 aliphatic carbocycles. The lowest BCUT2D eigenvalue weighted by molar-refractivity contribution is -1.02. The maximum Gasteiger partial charge on any atom is 0.214 e. The van der Waals surface area contributed by atoms with Crippen molar-refractivity contribution in [2.45, 2.75) is 38.5 Å². The van der Waals surface area contributed by atoms with Crippen LogP contribution in [0.4, 0.5) is 0 Å². The van der Waals surface area contributed by atoms with Crippen LogP contribution in [0.15, 0.2) is 24.3 Å². The first-order chi connectivity index (χ1) is 13.2. The zero-order valence-electron chi connectivity index (χ0n) is 15.9. The number of rotatable bonds is 6. The predicted octanol–water partition coefficient (Wildman–Crippen LogP) is -0.602. The molecule has 2 aliphatic heterocycles. The number of benzene rings is 1. The fourth-order valence-corrected chi connectivity index (χ4v) is 4.45. The lowest BCUT2D eigenvalue weighted by Gasteiger charge is -2.34. The van der Waals surface area contributed by atoms with Crippen molar-refractivity contribution in [3.63, 3.8) is 0 Å². The number of likely N-dealkylation sites (N-methyl/N-ethyl adjacent to an activating group) is 1. The monoisotopic (exact) mass is 392 g/mol. The second-order valence-corrected chi connectivity index (χ2v) is 8.04. The molecule has 0 bridgehead atoms. The molecule has 8 heteroatoms. The number of hydrogen-bond donors (Lipinski definition) is 2. The Kier molecular flexibility index (Phi) is 6.02. The van der Waals surface area contributed by atoms with E-state index in [1.807, 2.05) is 16.8 Å². The highest BCUT2D eigenvalue weighted by molar-refractivity contribution is 6.30. The summed E-state index contributed by atoms with van der Waals surface area (Å²) in [5.74, 6) is 0.933. The number of ether oxygens (including phenoxy) is 1. The van der Waals surface area contributed by atoms with Crippen molar-refractivity contribution in [1.29, 1.82) is 0 Å². The van der Waals surface area contributed by atoms with E-state index in [0.717, 1.165) is 49.9 Å². The van der Waals surface area contributed by atoms with Crippen LogP contribution >= 0.6 is 11.6 Å². The molecule has 0 saturated carbocycles. The number of halogens is 1. The van der Waals surface area contributed by atoms with Gasteiger partial charge in [-0.15, -0.1) is 5.10 Å². The molecule has 7 nitrogen and oxygen atoms in total. The molecule has 27 heavy (non-hydrogen) atoms. The van der Waals surface area contributed by atoms with Gasteiger partial charge >= 0.3 is 0 Å². The van der Waals surface area contributed by atoms with Crippen LogP contribution in [0.2, 0.25) is 5.02 Å². The highest BCUT2D eigenvalue weighted by atomic mass is 35.5. The minimum atomic E-state index is 0.122. The van der Waals surface area contributed by atoms with Crippen LogP contribution in [0, 0.1) is 0 Å². The van der Waals surface area contributed by atoms with E-state index in [1.165, 1.54) is 30.1 Å². The largest absolute Gasteiger partial charge is 0.376 e. The summed E-state index contributed by atoms with van der Waals surface area (Å²) in [7, 11) is 0. The third-order valence-corrected chi connectivity index (χ3v) is 6.18. The Labute approximate surface area is 165 Å². The zero-order valence-corrected chi connectivity index (χ0v) is 16.7. The number of tetrazole rings is 1. The van der Waals surface area contributed by atoms with E-state index in [-0.39, 0.29) is 12.1 Å². The van der Waals surface area contributed by atoms with Crippen molar-refractivity contribution >= 4 is 11.6 Å². The second kappa shape index (κ2) is 8.65. The highest BCUT2D eigenvalue weighted by Crippen LogP contribution is 2.21. The average Bonchev–Trinajstić information content (AvgIpc) is 3.37. The van der Waals surface area contributed by atoms with Gasteiger partial charge in [0, 0.05) is 17.2 Å². The molecule has 1 aromatic heterocycles. The van der Waals surface area contributed by atoms with Gasteiger partial charge < -0.3 is 14.5 Å². The maximum absolute atomic E-state index is 6.14. The topological polar surface area (TPSA) is 61.7 Å². The van der Waals surface area contributed by atoms with Gasteiger partial charge in [0.25, 0.3) is 0 Å². The Balaban J connectivity index is 1.62.